The summed E-state index contributed by atoms with van der Waals surface area (Å²) in [4.78, 5) is 4.16. The van der Waals surface area contributed by atoms with Crippen LogP contribution >= 0.6 is 0 Å². The molecule has 0 saturated heterocycles. The number of rotatable bonds is 2. The topological polar surface area (TPSA) is 22.1 Å². The van der Waals surface area contributed by atoms with E-state index in [0.717, 1.165) is 0 Å². The van der Waals surface area contributed by atoms with E-state index < -0.39 is 0 Å². The van der Waals surface area contributed by atoms with Crippen LogP contribution in [0.5, 0.6) is 0 Å². The Kier molecular flexibility index (Phi) is 4.93. The SMILES string of the molecule is CC.COCc1ccc2cncc(C)c2c1. The summed E-state index contributed by atoms with van der Waals surface area (Å²) in [6.07, 6.45) is 3.78. The monoisotopic (exact) mass is 217 g/mol. The molecule has 0 amide bonds. The first-order valence-corrected chi connectivity index (χ1v) is 5.63. The fourth-order valence-electron chi connectivity index (χ4n) is 1.61. The second-order valence-electron chi connectivity index (χ2n) is 3.44. The third kappa shape index (κ3) is 2.80. The van der Waals surface area contributed by atoms with Crippen molar-refractivity contribution >= 4 is 10.8 Å². The van der Waals surface area contributed by atoms with Crippen LogP contribution in [-0.4, -0.2) is 12.1 Å². The van der Waals surface area contributed by atoms with Crippen LogP contribution in [-0.2, 0) is 11.3 Å². The summed E-state index contributed by atoms with van der Waals surface area (Å²) in [6, 6.07) is 6.33. The van der Waals surface area contributed by atoms with Gasteiger partial charge in [0.25, 0.3) is 0 Å². The van der Waals surface area contributed by atoms with Gasteiger partial charge in [-0.2, -0.15) is 0 Å². The molecule has 0 aliphatic heterocycles. The molecule has 0 bridgehead atoms. The third-order valence-corrected chi connectivity index (χ3v) is 2.34. The smallest absolute Gasteiger partial charge is 0.0713 e. The Balaban J connectivity index is 0.000000606. The highest BCUT2D eigenvalue weighted by Gasteiger charge is 1.98. The number of aryl methyl sites for hydroxylation is 1. The van der Waals surface area contributed by atoms with E-state index in [9.17, 15) is 0 Å². The zero-order valence-corrected chi connectivity index (χ0v) is 10.4. The van der Waals surface area contributed by atoms with Crippen LogP contribution in [0.25, 0.3) is 10.8 Å². The molecule has 16 heavy (non-hydrogen) atoms. The van der Waals surface area contributed by atoms with E-state index in [-0.39, 0.29) is 0 Å². The lowest BCUT2D eigenvalue weighted by Crippen LogP contribution is -1.88. The van der Waals surface area contributed by atoms with Crippen molar-refractivity contribution in [2.75, 3.05) is 7.11 Å². The van der Waals surface area contributed by atoms with Crippen molar-refractivity contribution in [3.8, 4) is 0 Å². The van der Waals surface area contributed by atoms with Gasteiger partial charge in [0.15, 0.2) is 0 Å². The van der Waals surface area contributed by atoms with Gasteiger partial charge in [0.2, 0.25) is 0 Å². The van der Waals surface area contributed by atoms with Crippen molar-refractivity contribution in [1.29, 1.82) is 0 Å². The number of fused-ring (bicyclic) bond motifs is 1. The van der Waals surface area contributed by atoms with Gasteiger partial charge in [-0.15, -0.1) is 0 Å². The molecule has 2 heteroatoms. The molecule has 2 nitrogen and oxygen atoms in total. The molecule has 2 aromatic rings. The molecule has 1 heterocycles. The molecule has 1 aromatic carbocycles. The number of nitrogens with zero attached hydrogens (tertiary/aromatic N) is 1. The summed E-state index contributed by atoms with van der Waals surface area (Å²) in [5.74, 6) is 0. The van der Waals surface area contributed by atoms with Gasteiger partial charge in [0.05, 0.1) is 6.61 Å². The van der Waals surface area contributed by atoms with Crippen molar-refractivity contribution < 1.29 is 4.74 Å². The summed E-state index contributed by atoms with van der Waals surface area (Å²) in [7, 11) is 1.71. The highest BCUT2D eigenvalue weighted by atomic mass is 16.5. The molecule has 0 unspecified atom stereocenters. The molecule has 0 spiro atoms. The summed E-state index contributed by atoms with van der Waals surface area (Å²) in [5, 5.41) is 2.44. The standard InChI is InChI=1S/C12H13NO.C2H6/c1-9-6-13-7-11-4-3-10(8-14-2)5-12(9)11;1-2/h3-7H,8H2,1-2H3;1-2H3. The van der Waals surface area contributed by atoms with Gasteiger partial charge >= 0.3 is 0 Å². The Hall–Kier alpha value is -1.41. The maximum absolute atomic E-state index is 5.10. The quantitative estimate of drug-likeness (QED) is 0.765. The zero-order chi connectivity index (χ0) is 12.0. The molecule has 0 N–H and O–H groups in total. The van der Waals surface area contributed by atoms with Crippen LogP contribution in [0, 0.1) is 6.92 Å². The van der Waals surface area contributed by atoms with Gasteiger partial charge in [-0.1, -0.05) is 26.0 Å². The molecule has 2 rings (SSSR count). The maximum atomic E-state index is 5.10. The summed E-state index contributed by atoms with van der Waals surface area (Å²) < 4.78 is 5.10. The largest absolute Gasteiger partial charge is 0.380 e. The van der Waals surface area contributed by atoms with Gasteiger partial charge in [-0.25, -0.2) is 0 Å². The summed E-state index contributed by atoms with van der Waals surface area (Å²) in [6.45, 7) is 6.74. The molecule has 0 radical (unpaired) electrons. The minimum absolute atomic E-state index is 0.664. The van der Waals surface area contributed by atoms with Gasteiger partial charge in [0.1, 0.15) is 0 Å². The number of ether oxygens (including phenoxy) is 1. The van der Waals surface area contributed by atoms with Crippen LogP contribution in [0.4, 0.5) is 0 Å². The Bertz CT molecular complexity index is 451. The Morgan fingerprint density at radius 2 is 1.94 bits per heavy atom. The van der Waals surface area contributed by atoms with Gasteiger partial charge in [0, 0.05) is 24.9 Å². The third-order valence-electron chi connectivity index (χ3n) is 2.34. The molecular formula is C14H19NO. The first-order valence-electron chi connectivity index (χ1n) is 5.63. The van der Waals surface area contributed by atoms with Crippen LogP contribution in [0.2, 0.25) is 0 Å². The second-order valence-corrected chi connectivity index (χ2v) is 3.44. The highest BCUT2D eigenvalue weighted by Crippen LogP contribution is 2.18. The highest BCUT2D eigenvalue weighted by molar-refractivity contribution is 5.85. The molecule has 0 aliphatic rings. The lowest BCUT2D eigenvalue weighted by atomic mass is 10.1. The molecule has 1 aromatic heterocycles. The average molecular weight is 217 g/mol. The van der Waals surface area contributed by atoms with Crippen LogP contribution < -0.4 is 0 Å². The fourth-order valence-corrected chi connectivity index (χ4v) is 1.61. The van der Waals surface area contributed by atoms with Gasteiger partial charge < -0.3 is 4.74 Å². The van der Waals surface area contributed by atoms with E-state index in [1.165, 1.54) is 21.9 Å². The minimum atomic E-state index is 0.664. The van der Waals surface area contributed by atoms with E-state index in [0.29, 0.717) is 6.61 Å². The first-order chi connectivity index (χ1) is 7.81. The fraction of sp³-hybridized carbons (Fsp3) is 0.357. The van der Waals surface area contributed by atoms with Gasteiger partial charge in [-0.3, -0.25) is 4.98 Å². The van der Waals surface area contributed by atoms with Crippen LogP contribution in [0.3, 0.4) is 0 Å². The molecule has 0 aliphatic carbocycles. The van der Waals surface area contributed by atoms with Crippen molar-refractivity contribution in [3.05, 3.63) is 41.7 Å². The van der Waals surface area contributed by atoms with Crippen LogP contribution in [0.15, 0.2) is 30.6 Å². The predicted octanol–water partition coefficient (Wildman–Crippen LogP) is 3.72. The Morgan fingerprint density at radius 3 is 2.62 bits per heavy atom. The molecule has 0 fully saturated rings. The zero-order valence-electron chi connectivity index (χ0n) is 10.4. The lowest BCUT2D eigenvalue weighted by molar-refractivity contribution is 0.185. The van der Waals surface area contributed by atoms with Crippen molar-refractivity contribution in [2.45, 2.75) is 27.4 Å². The number of aromatic nitrogens is 1. The maximum Gasteiger partial charge on any atom is 0.0713 e. The van der Waals surface area contributed by atoms with E-state index in [4.69, 9.17) is 4.74 Å². The minimum Gasteiger partial charge on any atom is -0.380 e. The Morgan fingerprint density at radius 1 is 1.19 bits per heavy atom. The number of benzene rings is 1. The van der Waals surface area contributed by atoms with E-state index >= 15 is 0 Å². The molecule has 0 saturated carbocycles. The van der Waals surface area contributed by atoms with E-state index in [1.807, 2.05) is 26.2 Å². The number of pyridine rings is 1. The molecular weight excluding hydrogens is 198 g/mol. The summed E-state index contributed by atoms with van der Waals surface area (Å²) >= 11 is 0. The summed E-state index contributed by atoms with van der Waals surface area (Å²) in [5.41, 5.74) is 2.41. The van der Waals surface area contributed by atoms with E-state index in [1.54, 1.807) is 7.11 Å². The van der Waals surface area contributed by atoms with Crippen molar-refractivity contribution in [2.24, 2.45) is 0 Å². The normalized spacial score (nSPS) is 9.75. The predicted molar refractivity (Wildman–Crippen MR) is 68.5 cm³/mol. The molecule has 0 atom stereocenters. The molecule has 86 valence electrons. The van der Waals surface area contributed by atoms with Gasteiger partial charge in [-0.05, 0) is 29.5 Å². The van der Waals surface area contributed by atoms with Crippen molar-refractivity contribution in [1.82, 2.24) is 4.98 Å². The van der Waals surface area contributed by atoms with E-state index in [2.05, 4.69) is 30.1 Å². The first kappa shape index (κ1) is 12.7. The number of hydrogen-bond donors (Lipinski definition) is 0. The number of methoxy groups -OCH3 is 1. The second kappa shape index (κ2) is 6.23. The van der Waals surface area contributed by atoms with Crippen LogP contribution in [0.1, 0.15) is 25.0 Å². The Labute approximate surface area is 97.3 Å². The average Bonchev–Trinajstić information content (AvgIpc) is 2.33. The number of hydrogen-bond acceptors (Lipinski definition) is 2. The lowest BCUT2D eigenvalue weighted by Gasteiger charge is -2.04. The van der Waals surface area contributed by atoms with Crippen molar-refractivity contribution in [3.63, 3.8) is 0 Å².